The Morgan fingerprint density at radius 3 is 2.33 bits per heavy atom. The number of alkyl halides is 1. The van der Waals surface area contributed by atoms with Gasteiger partial charge in [0.15, 0.2) is 0 Å². The molecule has 0 aromatic carbocycles. The Labute approximate surface area is 210 Å². The lowest BCUT2D eigenvalue weighted by Gasteiger charge is -2.61. The van der Waals surface area contributed by atoms with E-state index in [1.165, 1.54) is 51.9 Å². The average Bonchev–Trinajstić information content (AvgIpc) is 3.09. The molecule has 0 amide bonds. The van der Waals surface area contributed by atoms with Crippen molar-refractivity contribution in [2.75, 3.05) is 0 Å². The highest BCUT2D eigenvalue weighted by Gasteiger charge is 2.65. The van der Waals surface area contributed by atoms with Gasteiger partial charge in [0.05, 0.1) is 4.83 Å². The Bertz CT molecular complexity index is 749. The number of Topliss-reactive ketones (excluding diaryl/α,β-unsaturated/α-hetero) is 1. The van der Waals surface area contributed by atoms with Gasteiger partial charge in [-0.05, 0) is 91.3 Å². The second-order valence-corrected chi connectivity index (χ2v) is 14.2. The molecule has 3 nitrogen and oxygen atoms in total. The molecule has 33 heavy (non-hydrogen) atoms. The van der Waals surface area contributed by atoms with Gasteiger partial charge in [0, 0.05) is 12.8 Å². The predicted molar refractivity (Wildman–Crippen MR) is 137 cm³/mol. The molecule has 0 N–H and O–H groups in total. The maximum atomic E-state index is 13.9. The van der Waals surface area contributed by atoms with Gasteiger partial charge in [-0.1, -0.05) is 69.8 Å². The molecule has 0 aromatic rings. The van der Waals surface area contributed by atoms with Crippen molar-refractivity contribution in [3.05, 3.63) is 0 Å². The number of hydrogen-bond acceptors (Lipinski definition) is 3. The standard InChI is InChI=1S/C29H47BrO3/c1-17(2)8-7-9-18(3)21-10-11-22-25-23(13-15-28(21,22)5)29(6)14-12-20(33-19(4)31)16-24(29)26(30)27(25)32/h17-18,20-26H,7-16H2,1-6H3/t18-,20-,21-,22-,23-,24-,25-,26+,28+,29-/m1/s1. The van der Waals surface area contributed by atoms with E-state index in [0.29, 0.717) is 23.0 Å². The van der Waals surface area contributed by atoms with Crippen LogP contribution in [-0.2, 0) is 14.3 Å². The van der Waals surface area contributed by atoms with Gasteiger partial charge in [0.1, 0.15) is 11.9 Å². The van der Waals surface area contributed by atoms with Crippen LogP contribution in [0.5, 0.6) is 0 Å². The van der Waals surface area contributed by atoms with E-state index in [1.807, 2.05) is 0 Å². The van der Waals surface area contributed by atoms with Crippen molar-refractivity contribution in [3.63, 3.8) is 0 Å². The molecule has 0 bridgehead atoms. The Kier molecular flexibility index (Phi) is 7.46. The number of fused-ring (bicyclic) bond motifs is 5. The van der Waals surface area contributed by atoms with Crippen LogP contribution in [0, 0.1) is 52.3 Å². The maximum Gasteiger partial charge on any atom is 0.302 e. The van der Waals surface area contributed by atoms with Crippen LogP contribution < -0.4 is 0 Å². The van der Waals surface area contributed by atoms with Gasteiger partial charge in [-0.3, -0.25) is 9.59 Å². The van der Waals surface area contributed by atoms with Gasteiger partial charge in [-0.25, -0.2) is 0 Å². The summed E-state index contributed by atoms with van der Waals surface area (Å²) < 4.78 is 5.61. The summed E-state index contributed by atoms with van der Waals surface area (Å²) in [5.41, 5.74) is 0.491. The van der Waals surface area contributed by atoms with Crippen LogP contribution in [0.3, 0.4) is 0 Å². The predicted octanol–water partition coefficient (Wildman–Crippen LogP) is 7.59. The lowest BCUT2D eigenvalue weighted by atomic mass is 9.44. The quantitative estimate of drug-likeness (QED) is 0.266. The van der Waals surface area contributed by atoms with Crippen molar-refractivity contribution in [1.82, 2.24) is 0 Å². The van der Waals surface area contributed by atoms with Crippen LogP contribution >= 0.6 is 15.9 Å². The highest BCUT2D eigenvalue weighted by atomic mass is 79.9. The van der Waals surface area contributed by atoms with E-state index in [2.05, 4.69) is 50.5 Å². The normalized spacial score (nSPS) is 45.8. The SMILES string of the molecule is CC(=O)O[C@@H]1CC[C@]2(C)[C@@H]3CC[C@]4(C)[C@H](CC[C@@H]4[C@H](C)CCCC(C)C)[C@H]3C(=O)[C@@H](Br)[C@H]2C1. The number of carbonyl (C=O) groups excluding carboxylic acids is 2. The number of rotatable bonds is 6. The van der Waals surface area contributed by atoms with Crippen LogP contribution in [0.15, 0.2) is 0 Å². The minimum absolute atomic E-state index is 0.0265. The lowest BCUT2D eigenvalue weighted by Crippen LogP contribution is -2.61. The largest absolute Gasteiger partial charge is 0.463 e. The Morgan fingerprint density at radius 1 is 1.00 bits per heavy atom. The summed E-state index contributed by atoms with van der Waals surface area (Å²) in [5, 5.41) is 0. The van der Waals surface area contributed by atoms with E-state index < -0.39 is 0 Å². The van der Waals surface area contributed by atoms with Gasteiger partial charge < -0.3 is 4.74 Å². The van der Waals surface area contributed by atoms with Gasteiger partial charge in [-0.15, -0.1) is 0 Å². The molecule has 0 saturated heterocycles. The van der Waals surface area contributed by atoms with E-state index >= 15 is 0 Å². The number of hydrogen-bond donors (Lipinski definition) is 0. The Hall–Kier alpha value is -0.380. The fourth-order valence-electron chi connectivity index (χ4n) is 9.27. The number of esters is 1. The first-order chi connectivity index (χ1) is 15.5. The first kappa shape index (κ1) is 25.7. The van der Waals surface area contributed by atoms with E-state index in [9.17, 15) is 9.59 Å². The van der Waals surface area contributed by atoms with Gasteiger partial charge >= 0.3 is 5.97 Å². The van der Waals surface area contributed by atoms with Crippen molar-refractivity contribution in [3.8, 4) is 0 Å². The number of halogens is 1. The van der Waals surface area contributed by atoms with Gasteiger partial charge in [-0.2, -0.15) is 0 Å². The van der Waals surface area contributed by atoms with E-state index in [1.54, 1.807) is 0 Å². The van der Waals surface area contributed by atoms with Gasteiger partial charge in [0.25, 0.3) is 0 Å². The monoisotopic (exact) mass is 522 g/mol. The molecule has 4 aliphatic carbocycles. The molecule has 10 atom stereocenters. The summed E-state index contributed by atoms with van der Waals surface area (Å²) in [7, 11) is 0. The second kappa shape index (κ2) is 9.58. The lowest BCUT2D eigenvalue weighted by molar-refractivity contribution is -0.166. The minimum Gasteiger partial charge on any atom is -0.463 e. The van der Waals surface area contributed by atoms with Crippen molar-refractivity contribution in [2.24, 2.45) is 52.3 Å². The molecule has 0 heterocycles. The topological polar surface area (TPSA) is 43.4 Å². The van der Waals surface area contributed by atoms with Crippen LogP contribution in [0.25, 0.3) is 0 Å². The third kappa shape index (κ3) is 4.49. The summed E-state index contributed by atoms with van der Waals surface area (Å²) in [6, 6.07) is 0. The minimum atomic E-state index is -0.192. The van der Waals surface area contributed by atoms with Crippen molar-refractivity contribution < 1.29 is 14.3 Å². The molecule has 0 aliphatic heterocycles. The summed E-state index contributed by atoms with van der Waals surface area (Å²) in [6.45, 7) is 13.7. The molecule has 0 unspecified atom stereocenters. The number of carbonyl (C=O) groups is 2. The van der Waals surface area contributed by atoms with E-state index in [0.717, 1.165) is 37.0 Å². The summed E-state index contributed by atoms with van der Waals surface area (Å²) >= 11 is 3.90. The van der Waals surface area contributed by atoms with Crippen LogP contribution in [0.2, 0.25) is 0 Å². The molecule has 4 heteroatoms. The second-order valence-electron chi connectivity index (χ2n) is 13.2. The zero-order chi connectivity index (χ0) is 24.1. The molecule has 188 valence electrons. The van der Waals surface area contributed by atoms with Crippen LogP contribution in [-0.4, -0.2) is 22.7 Å². The third-order valence-electron chi connectivity index (χ3n) is 11.0. The Morgan fingerprint density at radius 2 is 1.67 bits per heavy atom. The van der Waals surface area contributed by atoms with Crippen molar-refractivity contribution in [1.29, 1.82) is 0 Å². The van der Waals surface area contributed by atoms with Crippen LogP contribution in [0.4, 0.5) is 0 Å². The smallest absolute Gasteiger partial charge is 0.302 e. The fraction of sp³-hybridized carbons (Fsp3) is 0.931. The summed E-state index contributed by atoms with van der Waals surface area (Å²) in [5.74, 6) is 4.13. The fourth-order valence-corrected chi connectivity index (χ4v) is 10.4. The highest BCUT2D eigenvalue weighted by Crippen LogP contribution is 2.68. The third-order valence-corrected chi connectivity index (χ3v) is 12.1. The zero-order valence-electron chi connectivity index (χ0n) is 21.9. The van der Waals surface area contributed by atoms with E-state index in [4.69, 9.17) is 4.74 Å². The average molecular weight is 524 g/mol. The number of ether oxygens (including phenoxy) is 1. The number of ketones is 1. The zero-order valence-corrected chi connectivity index (χ0v) is 23.5. The first-order valence-electron chi connectivity index (χ1n) is 13.8. The molecular formula is C29H47BrO3. The molecule has 4 saturated carbocycles. The van der Waals surface area contributed by atoms with Crippen molar-refractivity contribution in [2.45, 2.75) is 117 Å². The summed E-state index contributed by atoms with van der Waals surface area (Å²) in [6.07, 6.45) is 11.9. The first-order valence-corrected chi connectivity index (χ1v) is 14.8. The maximum absolute atomic E-state index is 13.9. The molecule has 4 fully saturated rings. The molecule has 0 aromatic heterocycles. The molecule has 0 radical (unpaired) electrons. The molecule has 4 rings (SSSR count). The van der Waals surface area contributed by atoms with Crippen molar-refractivity contribution >= 4 is 27.7 Å². The summed E-state index contributed by atoms with van der Waals surface area (Å²) in [4.78, 5) is 25.4. The molecule has 4 aliphatic rings. The molecule has 0 spiro atoms. The Balaban J connectivity index is 1.53. The highest BCUT2D eigenvalue weighted by molar-refractivity contribution is 9.10. The van der Waals surface area contributed by atoms with Crippen LogP contribution in [0.1, 0.15) is 106 Å². The van der Waals surface area contributed by atoms with E-state index in [-0.39, 0.29) is 34.2 Å². The van der Waals surface area contributed by atoms with Gasteiger partial charge in [0.2, 0.25) is 0 Å². The molecular weight excluding hydrogens is 476 g/mol.